The molecule has 0 radical (unpaired) electrons. The lowest BCUT2D eigenvalue weighted by atomic mass is 9.87. The molecule has 1 N–H and O–H groups in total. The van der Waals surface area contributed by atoms with Crippen molar-refractivity contribution in [3.8, 4) is 0 Å². The second-order valence-electron chi connectivity index (χ2n) is 8.00. The van der Waals surface area contributed by atoms with E-state index in [0.717, 1.165) is 25.2 Å². The molecule has 4 nitrogen and oxygen atoms in total. The van der Waals surface area contributed by atoms with E-state index in [4.69, 9.17) is 0 Å². The minimum Gasteiger partial charge on any atom is -0.342 e. The highest BCUT2D eigenvalue weighted by Gasteiger charge is 2.53. The van der Waals surface area contributed by atoms with Gasteiger partial charge in [-0.25, -0.2) is 0 Å². The third-order valence-electron chi connectivity index (χ3n) is 6.17. The average molecular weight is 290 g/mol. The van der Waals surface area contributed by atoms with Crippen LogP contribution in [0.1, 0.15) is 52.4 Å². The summed E-state index contributed by atoms with van der Waals surface area (Å²) in [5.74, 6) is 2.33. The number of hydrogen-bond donors (Lipinski definition) is 1. The molecule has 4 aliphatic rings. The minimum atomic E-state index is -0.253. The Bertz CT molecular complexity index is 471. The second kappa shape index (κ2) is 4.72. The summed E-state index contributed by atoms with van der Waals surface area (Å²) in [5, 5.41) is 3.03. The molecular weight excluding hydrogens is 264 g/mol. The summed E-state index contributed by atoms with van der Waals surface area (Å²) in [6.07, 6.45) is 7.16. The summed E-state index contributed by atoms with van der Waals surface area (Å²) in [5.41, 5.74) is 0. The van der Waals surface area contributed by atoms with Gasteiger partial charge in [0.25, 0.3) is 0 Å². The molecule has 0 aromatic carbocycles. The number of nitrogens with zero attached hydrogens (tertiary/aromatic N) is 1. The predicted octanol–water partition coefficient (Wildman–Crippen LogP) is 1.94. The Morgan fingerprint density at radius 1 is 1.05 bits per heavy atom. The van der Waals surface area contributed by atoms with Gasteiger partial charge in [-0.2, -0.15) is 0 Å². The van der Waals surface area contributed by atoms with E-state index in [1.54, 1.807) is 0 Å². The molecule has 21 heavy (non-hydrogen) atoms. The molecule has 0 aromatic rings. The lowest BCUT2D eigenvalue weighted by Crippen LogP contribution is -2.68. The van der Waals surface area contributed by atoms with Gasteiger partial charge in [-0.3, -0.25) is 9.59 Å². The summed E-state index contributed by atoms with van der Waals surface area (Å²) < 4.78 is 0. The quantitative estimate of drug-likeness (QED) is 0.863. The molecule has 1 heterocycles. The van der Waals surface area contributed by atoms with Gasteiger partial charge in [0.15, 0.2) is 0 Å². The standard InChI is InChI=1S/C17H26N2O2/c1-9(2)15-16(20)18-14(11-5-6-11)17(21)19(15)13-8-10-3-4-12(13)7-10/h9-15H,3-8H2,1-2H3,(H,18,20). The zero-order valence-corrected chi connectivity index (χ0v) is 13.0. The van der Waals surface area contributed by atoms with Crippen molar-refractivity contribution in [2.24, 2.45) is 23.7 Å². The molecule has 116 valence electrons. The van der Waals surface area contributed by atoms with E-state index in [1.807, 2.05) is 4.90 Å². The predicted molar refractivity (Wildman–Crippen MR) is 79.4 cm³/mol. The molecule has 0 aromatic heterocycles. The number of nitrogens with one attached hydrogen (secondary N) is 1. The molecule has 2 bridgehead atoms. The monoisotopic (exact) mass is 290 g/mol. The van der Waals surface area contributed by atoms with E-state index < -0.39 is 0 Å². The Morgan fingerprint density at radius 3 is 2.29 bits per heavy atom. The van der Waals surface area contributed by atoms with Crippen molar-refractivity contribution in [1.82, 2.24) is 10.2 Å². The van der Waals surface area contributed by atoms with Gasteiger partial charge in [0.1, 0.15) is 12.1 Å². The van der Waals surface area contributed by atoms with Crippen molar-refractivity contribution in [3.05, 3.63) is 0 Å². The Labute approximate surface area is 126 Å². The third-order valence-corrected chi connectivity index (χ3v) is 6.17. The van der Waals surface area contributed by atoms with Crippen LogP contribution in [0.3, 0.4) is 0 Å². The Hall–Kier alpha value is -1.06. The number of carbonyl (C=O) groups is 2. The van der Waals surface area contributed by atoms with Crippen LogP contribution in [0.15, 0.2) is 0 Å². The number of fused-ring (bicyclic) bond motifs is 2. The fraction of sp³-hybridized carbons (Fsp3) is 0.882. The first-order chi connectivity index (χ1) is 10.1. The first kappa shape index (κ1) is 13.6. The van der Waals surface area contributed by atoms with E-state index in [0.29, 0.717) is 17.9 Å². The number of rotatable bonds is 3. The number of hydrogen-bond acceptors (Lipinski definition) is 2. The highest BCUT2D eigenvalue weighted by molar-refractivity contribution is 5.97. The molecule has 0 spiro atoms. The van der Waals surface area contributed by atoms with Crippen LogP contribution in [0.25, 0.3) is 0 Å². The molecule has 1 aliphatic heterocycles. The van der Waals surface area contributed by atoms with Crippen molar-refractivity contribution in [2.45, 2.75) is 70.5 Å². The molecular formula is C17H26N2O2. The summed E-state index contributed by atoms with van der Waals surface area (Å²) in [6.45, 7) is 4.13. The molecule has 3 saturated carbocycles. The SMILES string of the molecule is CC(C)C1C(=O)NC(C2CC2)C(=O)N1C1CC2CCC1C2. The van der Waals surface area contributed by atoms with Gasteiger partial charge in [-0.15, -0.1) is 0 Å². The van der Waals surface area contributed by atoms with Crippen LogP contribution in [-0.4, -0.2) is 34.8 Å². The van der Waals surface area contributed by atoms with Crippen LogP contribution in [0.4, 0.5) is 0 Å². The number of piperazine rings is 1. The van der Waals surface area contributed by atoms with Gasteiger partial charge in [-0.05, 0) is 55.8 Å². The van der Waals surface area contributed by atoms with Crippen molar-refractivity contribution in [2.75, 3.05) is 0 Å². The first-order valence-corrected chi connectivity index (χ1v) is 8.68. The largest absolute Gasteiger partial charge is 0.342 e. The Kier molecular flexibility index (Phi) is 3.05. The molecule has 5 unspecified atom stereocenters. The molecule has 1 saturated heterocycles. The van der Waals surface area contributed by atoms with E-state index >= 15 is 0 Å². The second-order valence-corrected chi connectivity index (χ2v) is 8.00. The van der Waals surface area contributed by atoms with Crippen LogP contribution >= 0.6 is 0 Å². The maximum atomic E-state index is 13.0. The van der Waals surface area contributed by atoms with Crippen molar-refractivity contribution >= 4 is 11.8 Å². The summed E-state index contributed by atoms with van der Waals surface area (Å²) >= 11 is 0. The van der Waals surface area contributed by atoms with Gasteiger partial charge >= 0.3 is 0 Å². The van der Waals surface area contributed by atoms with Gasteiger partial charge in [0.05, 0.1) is 0 Å². The molecule has 4 heteroatoms. The van der Waals surface area contributed by atoms with Gasteiger partial charge in [0, 0.05) is 6.04 Å². The van der Waals surface area contributed by atoms with Crippen LogP contribution in [-0.2, 0) is 9.59 Å². The van der Waals surface area contributed by atoms with Gasteiger partial charge in [0.2, 0.25) is 11.8 Å². The van der Waals surface area contributed by atoms with Crippen molar-refractivity contribution in [3.63, 3.8) is 0 Å². The lowest BCUT2D eigenvalue weighted by molar-refractivity contribution is -0.156. The molecule has 4 rings (SSSR count). The maximum Gasteiger partial charge on any atom is 0.246 e. The molecule has 5 atom stereocenters. The fourth-order valence-electron chi connectivity index (χ4n) is 5.02. The topological polar surface area (TPSA) is 49.4 Å². The molecule has 4 fully saturated rings. The van der Waals surface area contributed by atoms with Crippen molar-refractivity contribution < 1.29 is 9.59 Å². The van der Waals surface area contributed by atoms with Crippen LogP contribution in [0, 0.1) is 23.7 Å². The zero-order valence-electron chi connectivity index (χ0n) is 13.0. The van der Waals surface area contributed by atoms with Crippen LogP contribution in [0.5, 0.6) is 0 Å². The summed E-state index contributed by atoms with van der Waals surface area (Å²) in [6, 6.07) is -0.153. The lowest BCUT2D eigenvalue weighted by Gasteiger charge is -2.46. The van der Waals surface area contributed by atoms with Gasteiger partial charge in [-0.1, -0.05) is 20.3 Å². The summed E-state index contributed by atoms with van der Waals surface area (Å²) in [7, 11) is 0. The fourth-order valence-corrected chi connectivity index (χ4v) is 5.02. The highest BCUT2D eigenvalue weighted by Crippen LogP contribution is 2.48. The first-order valence-electron chi connectivity index (χ1n) is 8.68. The number of carbonyl (C=O) groups excluding carboxylic acids is 2. The molecule has 2 amide bonds. The van der Waals surface area contributed by atoms with E-state index in [-0.39, 0.29) is 29.8 Å². The Morgan fingerprint density at radius 2 is 1.76 bits per heavy atom. The summed E-state index contributed by atoms with van der Waals surface area (Å²) in [4.78, 5) is 27.7. The van der Waals surface area contributed by atoms with Crippen LogP contribution in [0.2, 0.25) is 0 Å². The average Bonchev–Trinajstić information content (AvgIpc) is 3.07. The normalized spacial score (nSPS) is 42.8. The molecule has 3 aliphatic carbocycles. The van der Waals surface area contributed by atoms with E-state index in [9.17, 15) is 9.59 Å². The van der Waals surface area contributed by atoms with Crippen LogP contribution < -0.4 is 5.32 Å². The minimum absolute atomic E-state index is 0.0873. The maximum absolute atomic E-state index is 13.0. The van der Waals surface area contributed by atoms with E-state index in [2.05, 4.69) is 19.2 Å². The third kappa shape index (κ3) is 2.09. The van der Waals surface area contributed by atoms with E-state index in [1.165, 1.54) is 19.3 Å². The highest BCUT2D eigenvalue weighted by atomic mass is 16.2. The van der Waals surface area contributed by atoms with Crippen molar-refractivity contribution in [1.29, 1.82) is 0 Å². The Balaban J connectivity index is 1.64. The zero-order chi connectivity index (χ0) is 14.7. The smallest absolute Gasteiger partial charge is 0.246 e. The number of amides is 2. The van der Waals surface area contributed by atoms with Gasteiger partial charge < -0.3 is 10.2 Å².